The van der Waals surface area contributed by atoms with E-state index in [1.165, 1.54) is 7.11 Å². The standard InChI is InChI=1S/C12H22N2O3/c1-9(2)4-6-14-7-5-13-12(16)10(14)8-11(15)17-3/h9-10H,4-8H2,1-3H3,(H,13,16). The molecule has 0 aromatic carbocycles. The van der Waals surface area contributed by atoms with Crippen LogP contribution in [0.2, 0.25) is 0 Å². The van der Waals surface area contributed by atoms with Crippen molar-refractivity contribution in [2.24, 2.45) is 5.92 Å². The number of hydrogen-bond acceptors (Lipinski definition) is 4. The number of ether oxygens (including phenoxy) is 1. The van der Waals surface area contributed by atoms with Crippen molar-refractivity contribution < 1.29 is 14.3 Å². The molecule has 5 nitrogen and oxygen atoms in total. The van der Waals surface area contributed by atoms with Crippen molar-refractivity contribution in [3.05, 3.63) is 0 Å². The van der Waals surface area contributed by atoms with Crippen molar-refractivity contribution in [3.8, 4) is 0 Å². The summed E-state index contributed by atoms with van der Waals surface area (Å²) in [4.78, 5) is 25.1. The quantitative estimate of drug-likeness (QED) is 0.709. The number of methoxy groups -OCH3 is 1. The maximum Gasteiger partial charge on any atom is 0.307 e. The van der Waals surface area contributed by atoms with Crippen molar-refractivity contribution in [2.45, 2.75) is 32.7 Å². The predicted molar refractivity (Wildman–Crippen MR) is 64.5 cm³/mol. The highest BCUT2D eigenvalue weighted by molar-refractivity contribution is 5.87. The molecule has 98 valence electrons. The van der Waals surface area contributed by atoms with Crippen LogP contribution in [0.4, 0.5) is 0 Å². The molecule has 0 aromatic rings. The van der Waals surface area contributed by atoms with Gasteiger partial charge in [-0.2, -0.15) is 0 Å². The molecule has 0 aliphatic carbocycles. The second-order valence-electron chi connectivity index (χ2n) is 4.81. The molecule has 0 radical (unpaired) electrons. The number of esters is 1. The first-order valence-electron chi connectivity index (χ1n) is 6.13. The Hall–Kier alpha value is -1.10. The van der Waals surface area contributed by atoms with Gasteiger partial charge in [0.05, 0.1) is 19.6 Å². The van der Waals surface area contributed by atoms with E-state index in [1.807, 2.05) is 0 Å². The molecule has 0 bridgehead atoms. The summed E-state index contributed by atoms with van der Waals surface area (Å²) in [6, 6.07) is -0.366. The van der Waals surface area contributed by atoms with Gasteiger partial charge in [-0.1, -0.05) is 13.8 Å². The topological polar surface area (TPSA) is 58.6 Å². The highest BCUT2D eigenvalue weighted by Crippen LogP contribution is 2.12. The largest absolute Gasteiger partial charge is 0.469 e. The number of hydrogen-bond donors (Lipinski definition) is 1. The summed E-state index contributed by atoms with van der Waals surface area (Å²) in [5, 5.41) is 2.79. The lowest BCUT2D eigenvalue weighted by Crippen LogP contribution is -2.56. The van der Waals surface area contributed by atoms with Crippen LogP contribution in [-0.4, -0.2) is 49.6 Å². The molecule has 1 rings (SSSR count). The minimum atomic E-state index is -0.366. The van der Waals surface area contributed by atoms with Gasteiger partial charge in [0, 0.05) is 13.1 Å². The molecule has 1 unspecified atom stereocenters. The van der Waals surface area contributed by atoms with E-state index < -0.39 is 0 Å². The monoisotopic (exact) mass is 242 g/mol. The van der Waals surface area contributed by atoms with Gasteiger partial charge in [0.15, 0.2) is 0 Å². The van der Waals surface area contributed by atoms with Gasteiger partial charge in [0.1, 0.15) is 0 Å². The maximum absolute atomic E-state index is 11.7. The lowest BCUT2D eigenvalue weighted by atomic mass is 10.1. The molecule has 1 aliphatic rings. The minimum Gasteiger partial charge on any atom is -0.469 e. The summed E-state index contributed by atoms with van der Waals surface area (Å²) in [5.74, 6) is 0.200. The molecule has 1 amide bonds. The zero-order valence-corrected chi connectivity index (χ0v) is 10.9. The Balaban J connectivity index is 2.57. The normalized spacial score (nSPS) is 21.4. The molecule has 0 spiro atoms. The molecule has 1 heterocycles. The SMILES string of the molecule is COC(=O)CC1C(=O)NCCN1CCC(C)C. The minimum absolute atomic E-state index is 0.0644. The second-order valence-corrected chi connectivity index (χ2v) is 4.81. The van der Waals surface area contributed by atoms with Gasteiger partial charge in [-0.3, -0.25) is 14.5 Å². The Kier molecular flexibility index (Phi) is 5.41. The fourth-order valence-electron chi connectivity index (χ4n) is 1.92. The molecule has 17 heavy (non-hydrogen) atoms. The molecule has 1 saturated heterocycles. The van der Waals surface area contributed by atoms with Crippen LogP contribution >= 0.6 is 0 Å². The van der Waals surface area contributed by atoms with Crippen LogP contribution in [-0.2, 0) is 14.3 Å². The number of amides is 1. The average Bonchev–Trinajstić information content (AvgIpc) is 2.29. The van der Waals surface area contributed by atoms with Gasteiger partial charge in [-0.25, -0.2) is 0 Å². The number of nitrogens with zero attached hydrogens (tertiary/aromatic N) is 1. The third-order valence-corrected chi connectivity index (χ3v) is 3.02. The molecule has 0 saturated carbocycles. The average molecular weight is 242 g/mol. The summed E-state index contributed by atoms with van der Waals surface area (Å²) >= 11 is 0. The van der Waals surface area contributed by atoms with E-state index in [1.54, 1.807) is 0 Å². The number of carbonyl (C=O) groups is 2. The number of piperazine rings is 1. The van der Waals surface area contributed by atoms with E-state index in [0.29, 0.717) is 12.5 Å². The molecule has 5 heteroatoms. The number of carbonyl (C=O) groups excluding carboxylic acids is 2. The summed E-state index contributed by atoms with van der Waals surface area (Å²) < 4.78 is 4.63. The van der Waals surface area contributed by atoms with E-state index in [0.717, 1.165) is 19.5 Å². The molecule has 1 N–H and O–H groups in total. The number of rotatable bonds is 5. The Morgan fingerprint density at radius 3 is 2.88 bits per heavy atom. The first kappa shape index (κ1) is 14.0. The lowest BCUT2D eigenvalue weighted by molar-refractivity contribution is -0.146. The van der Waals surface area contributed by atoms with Crippen LogP contribution in [0, 0.1) is 5.92 Å². The maximum atomic E-state index is 11.7. The fraction of sp³-hybridized carbons (Fsp3) is 0.833. The van der Waals surface area contributed by atoms with Crippen LogP contribution in [0.15, 0.2) is 0 Å². The smallest absolute Gasteiger partial charge is 0.307 e. The third kappa shape index (κ3) is 4.34. The van der Waals surface area contributed by atoms with Gasteiger partial charge in [-0.05, 0) is 18.9 Å². The molecule has 1 aliphatic heterocycles. The van der Waals surface area contributed by atoms with Gasteiger partial charge in [-0.15, -0.1) is 0 Å². The molecule has 0 aromatic heterocycles. The summed E-state index contributed by atoms with van der Waals surface area (Å²) in [6.45, 7) is 6.63. The predicted octanol–water partition coefficient (Wildman–Crippen LogP) is 0.396. The van der Waals surface area contributed by atoms with E-state index in [-0.39, 0.29) is 24.3 Å². The van der Waals surface area contributed by atoms with Crippen LogP contribution in [0.25, 0.3) is 0 Å². The summed E-state index contributed by atoms with van der Waals surface area (Å²) in [7, 11) is 1.35. The van der Waals surface area contributed by atoms with Gasteiger partial charge in [0.25, 0.3) is 0 Å². The van der Waals surface area contributed by atoms with Gasteiger partial charge < -0.3 is 10.1 Å². The molecule has 1 atom stereocenters. The van der Waals surface area contributed by atoms with E-state index in [4.69, 9.17) is 0 Å². The third-order valence-electron chi connectivity index (χ3n) is 3.02. The van der Waals surface area contributed by atoms with E-state index in [9.17, 15) is 9.59 Å². The van der Waals surface area contributed by atoms with Crippen LogP contribution in [0.3, 0.4) is 0 Å². The second kappa shape index (κ2) is 6.59. The van der Waals surface area contributed by atoms with Crippen molar-refractivity contribution >= 4 is 11.9 Å². The molecule has 1 fully saturated rings. The Labute approximate surface area is 102 Å². The van der Waals surface area contributed by atoms with Crippen molar-refractivity contribution in [1.29, 1.82) is 0 Å². The summed E-state index contributed by atoms with van der Waals surface area (Å²) in [5.41, 5.74) is 0. The lowest BCUT2D eigenvalue weighted by Gasteiger charge is -2.34. The van der Waals surface area contributed by atoms with Crippen LogP contribution in [0.1, 0.15) is 26.7 Å². The van der Waals surface area contributed by atoms with Crippen LogP contribution < -0.4 is 5.32 Å². The first-order valence-corrected chi connectivity index (χ1v) is 6.13. The van der Waals surface area contributed by atoms with E-state index in [2.05, 4.69) is 28.8 Å². The van der Waals surface area contributed by atoms with Gasteiger partial charge >= 0.3 is 5.97 Å². The zero-order chi connectivity index (χ0) is 12.8. The zero-order valence-electron chi connectivity index (χ0n) is 10.9. The van der Waals surface area contributed by atoms with Gasteiger partial charge in [0.2, 0.25) is 5.91 Å². The number of nitrogens with one attached hydrogen (secondary N) is 1. The highest BCUT2D eigenvalue weighted by atomic mass is 16.5. The van der Waals surface area contributed by atoms with E-state index >= 15 is 0 Å². The van der Waals surface area contributed by atoms with Crippen LogP contribution in [0.5, 0.6) is 0 Å². The first-order chi connectivity index (χ1) is 8.04. The molecular weight excluding hydrogens is 220 g/mol. The Morgan fingerprint density at radius 2 is 2.29 bits per heavy atom. The van der Waals surface area contributed by atoms with Crippen molar-refractivity contribution in [1.82, 2.24) is 10.2 Å². The Morgan fingerprint density at radius 1 is 1.59 bits per heavy atom. The fourth-order valence-corrected chi connectivity index (χ4v) is 1.92. The van der Waals surface area contributed by atoms with Crippen molar-refractivity contribution in [2.75, 3.05) is 26.7 Å². The molecular formula is C12H22N2O3. The highest BCUT2D eigenvalue weighted by Gasteiger charge is 2.31. The Bertz CT molecular complexity index is 279. The van der Waals surface area contributed by atoms with Crippen molar-refractivity contribution in [3.63, 3.8) is 0 Å². The summed E-state index contributed by atoms with van der Waals surface area (Å²) in [6.07, 6.45) is 1.17.